The number of carbonyl (C=O) groups excluding carboxylic acids is 3. The van der Waals surface area contributed by atoms with Gasteiger partial charge in [-0.3, -0.25) is 23.7 Å². The first-order valence-electron chi connectivity index (χ1n) is 18.9. The number of nitrogens with zero attached hydrogens (tertiary/aromatic N) is 3. The zero-order valence-corrected chi connectivity index (χ0v) is 34.3. The van der Waals surface area contributed by atoms with E-state index in [2.05, 4.69) is 10.5 Å². The number of esters is 1. The molecule has 0 saturated carbocycles. The SMILES string of the molecule is CC1=NO[C@@]2(CC[C@H](C)N3C[C@H]2n2cc(C(=O)NCc4ccc(F)cc4F)c(=O)c(OCOC(=O)CCCCOP(=O)(CC(C)(C)C)OC(C)(C)C)c2C3=O)C1. The van der Waals surface area contributed by atoms with Crippen molar-refractivity contribution in [1.29, 1.82) is 0 Å². The molecule has 1 spiro atoms. The van der Waals surface area contributed by atoms with Crippen molar-refractivity contribution >= 4 is 31.1 Å². The number of fused-ring (bicyclic) bond motifs is 5. The van der Waals surface area contributed by atoms with E-state index in [1.165, 1.54) is 16.8 Å². The van der Waals surface area contributed by atoms with E-state index >= 15 is 0 Å². The van der Waals surface area contributed by atoms with Gasteiger partial charge in [-0.2, -0.15) is 0 Å². The Hall–Kier alpha value is -4.14. The summed E-state index contributed by atoms with van der Waals surface area (Å²) < 4.78 is 65.6. The molecule has 56 heavy (non-hydrogen) atoms. The third-order valence-corrected chi connectivity index (χ3v) is 12.4. The molecule has 4 atom stereocenters. The highest BCUT2D eigenvalue weighted by atomic mass is 31.2. The van der Waals surface area contributed by atoms with Crippen molar-refractivity contribution in [2.24, 2.45) is 10.6 Å². The van der Waals surface area contributed by atoms with Gasteiger partial charge in [-0.25, -0.2) is 8.78 Å². The van der Waals surface area contributed by atoms with Crippen LogP contribution in [0, 0.1) is 17.0 Å². The number of pyridine rings is 1. The summed E-state index contributed by atoms with van der Waals surface area (Å²) in [6.45, 7) is 14.1. The first kappa shape index (κ1) is 43.0. The summed E-state index contributed by atoms with van der Waals surface area (Å²) in [7, 11) is -3.43. The van der Waals surface area contributed by atoms with Gasteiger partial charge in [0.1, 0.15) is 17.2 Å². The van der Waals surface area contributed by atoms with Crippen molar-refractivity contribution in [3.05, 3.63) is 63.1 Å². The van der Waals surface area contributed by atoms with Crippen LogP contribution in [0.1, 0.15) is 126 Å². The van der Waals surface area contributed by atoms with Crippen LogP contribution in [0.5, 0.6) is 5.75 Å². The molecule has 4 heterocycles. The minimum atomic E-state index is -3.43. The molecular weight excluding hydrogens is 753 g/mol. The quantitative estimate of drug-likeness (QED) is 0.0920. The van der Waals surface area contributed by atoms with Gasteiger partial charge in [-0.05, 0) is 71.8 Å². The van der Waals surface area contributed by atoms with Crippen molar-refractivity contribution in [2.45, 2.75) is 124 Å². The van der Waals surface area contributed by atoms with Crippen molar-refractivity contribution in [1.82, 2.24) is 14.8 Å². The lowest BCUT2D eigenvalue weighted by Crippen LogP contribution is -2.52. The summed E-state index contributed by atoms with van der Waals surface area (Å²) in [5.41, 5.74) is -2.66. The Bertz CT molecular complexity index is 1950. The monoisotopic (exact) mass is 806 g/mol. The van der Waals surface area contributed by atoms with E-state index in [9.17, 15) is 32.5 Å². The van der Waals surface area contributed by atoms with Crippen molar-refractivity contribution in [2.75, 3.05) is 26.1 Å². The van der Waals surface area contributed by atoms with E-state index < -0.39 is 77.8 Å². The van der Waals surface area contributed by atoms with Gasteiger partial charge in [0, 0.05) is 49.8 Å². The predicted molar refractivity (Wildman–Crippen MR) is 203 cm³/mol. The Morgan fingerprint density at radius 2 is 1.86 bits per heavy atom. The molecule has 2 bridgehead atoms. The predicted octanol–water partition coefficient (Wildman–Crippen LogP) is 6.89. The number of hydrogen-bond donors (Lipinski definition) is 1. The van der Waals surface area contributed by atoms with Crippen molar-refractivity contribution in [3.8, 4) is 5.75 Å². The topological polar surface area (TPSA) is 164 Å². The second-order valence-electron chi connectivity index (χ2n) is 17.0. The van der Waals surface area contributed by atoms with E-state index in [4.69, 9.17) is 23.4 Å². The van der Waals surface area contributed by atoms with Crippen LogP contribution in [-0.4, -0.2) is 76.3 Å². The largest absolute Gasteiger partial charge is 0.451 e. The number of halogens is 2. The number of benzene rings is 1. The minimum Gasteiger partial charge on any atom is -0.451 e. The molecule has 3 aliphatic heterocycles. The molecule has 1 unspecified atom stereocenters. The fourth-order valence-electron chi connectivity index (χ4n) is 7.25. The zero-order valence-electron chi connectivity index (χ0n) is 33.4. The van der Waals surface area contributed by atoms with Crippen molar-refractivity contribution < 1.29 is 51.1 Å². The summed E-state index contributed by atoms with van der Waals surface area (Å²) in [6, 6.07) is 2.08. The summed E-state index contributed by atoms with van der Waals surface area (Å²) in [6.07, 6.45) is 3.69. The Morgan fingerprint density at radius 1 is 1.12 bits per heavy atom. The molecule has 3 aliphatic rings. The van der Waals surface area contributed by atoms with Crippen LogP contribution in [0.3, 0.4) is 0 Å². The lowest BCUT2D eigenvalue weighted by Gasteiger charge is -2.42. The van der Waals surface area contributed by atoms with E-state index in [0.29, 0.717) is 38.2 Å². The van der Waals surface area contributed by atoms with E-state index in [0.717, 1.165) is 11.8 Å². The standard InChI is InChI=1S/C39H53F2N4O10P/c1-24-18-39(54-43-24)15-14-25(2)44-21-30(39)45-20-28(35(48)42-19-26-12-13-27(40)17-29(26)41)33(47)34(32(45)36(44)49)52-23-51-31(46)11-9-10-16-53-56(50,22-37(3,4)5)55-38(6,7)8/h12-13,17,20,25,30H,9-11,14-16,18-19,21-23H2,1-8H3,(H,42,48)/t25-,30+,39-,56?/m0/s1. The molecule has 1 aromatic heterocycles. The average Bonchev–Trinajstić information content (AvgIpc) is 3.41. The van der Waals surface area contributed by atoms with Crippen LogP contribution in [0.25, 0.3) is 0 Å². The summed E-state index contributed by atoms with van der Waals surface area (Å²) in [5, 5.41) is 6.72. The molecule has 308 valence electrons. The third-order valence-electron chi connectivity index (χ3n) is 9.69. The Morgan fingerprint density at radius 3 is 2.50 bits per heavy atom. The Kier molecular flexibility index (Phi) is 12.9. The highest BCUT2D eigenvalue weighted by Crippen LogP contribution is 2.55. The zero-order chi connectivity index (χ0) is 41.2. The Labute approximate surface area is 325 Å². The lowest BCUT2D eigenvalue weighted by atomic mass is 9.84. The first-order chi connectivity index (χ1) is 26.1. The molecule has 2 amide bonds. The summed E-state index contributed by atoms with van der Waals surface area (Å²) in [5.74, 6) is -4.25. The number of amides is 2. The van der Waals surface area contributed by atoms with Crippen LogP contribution in [0.2, 0.25) is 0 Å². The second-order valence-corrected chi connectivity index (χ2v) is 19.0. The summed E-state index contributed by atoms with van der Waals surface area (Å²) >= 11 is 0. The number of ether oxygens (including phenoxy) is 2. The molecule has 5 rings (SSSR count). The molecule has 0 aliphatic carbocycles. The van der Waals surface area contributed by atoms with Gasteiger partial charge in [0.15, 0.2) is 11.3 Å². The normalized spacial score (nSPS) is 21.8. The van der Waals surface area contributed by atoms with E-state index in [1.807, 2.05) is 34.6 Å². The molecule has 1 fully saturated rings. The molecule has 2 aromatic rings. The second kappa shape index (κ2) is 16.8. The number of hydrogen-bond acceptors (Lipinski definition) is 11. The van der Waals surface area contributed by atoms with Crippen molar-refractivity contribution in [3.63, 3.8) is 0 Å². The van der Waals surface area contributed by atoms with Gasteiger partial charge in [0.2, 0.25) is 18.0 Å². The van der Waals surface area contributed by atoms with E-state index in [-0.39, 0.29) is 55.0 Å². The lowest BCUT2D eigenvalue weighted by molar-refractivity contribution is -0.150. The average molecular weight is 807 g/mol. The van der Waals surface area contributed by atoms with Gasteiger partial charge in [0.05, 0.1) is 30.1 Å². The molecule has 0 radical (unpaired) electrons. The maximum atomic E-state index is 14.4. The first-order valence-corrected chi connectivity index (χ1v) is 20.6. The maximum absolute atomic E-state index is 14.4. The smallest absolute Gasteiger partial charge is 0.331 e. The fourth-order valence-corrected chi connectivity index (χ4v) is 9.86. The van der Waals surface area contributed by atoms with Crippen LogP contribution in [0.15, 0.2) is 34.3 Å². The molecule has 1 N–H and O–H groups in total. The molecule has 17 heteroatoms. The van der Waals surface area contributed by atoms with Gasteiger partial charge in [-0.1, -0.05) is 32.0 Å². The van der Waals surface area contributed by atoms with Crippen LogP contribution >= 0.6 is 7.60 Å². The Balaban J connectivity index is 1.33. The molecule has 14 nitrogen and oxygen atoms in total. The number of rotatable bonds is 14. The summed E-state index contributed by atoms with van der Waals surface area (Å²) in [4.78, 5) is 62.2. The van der Waals surface area contributed by atoms with Crippen LogP contribution < -0.4 is 15.5 Å². The number of nitrogens with one attached hydrogen (secondary N) is 1. The number of oxime groups is 1. The number of aromatic nitrogens is 1. The van der Waals surface area contributed by atoms with Gasteiger partial charge in [0.25, 0.3) is 11.8 Å². The van der Waals surface area contributed by atoms with Gasteiger partial charge >= 0.3 is 13.6 Å². The van der Waals surface area contributed by atoms with Crippen LogP contribution in [0.4, 0.5) is 8.78 Å². The van der Waals surface area contributed by atoms with E-state index in [1.54, 1.807) is 25.7 Å². The van der Waals surface area contributed by atoms with Gasteiger partial charge in [-0.15, -0.1) is 0 Å². The molecule has 1 saturated heterocycles. The maximum Gasteiger partial charge on any atom is 0.331 e. The fraction of sp³-hybridized carbons (Fsp3) is 0.615. The third kappa shape index (κ3) is 10.2. The highest BCUT2D eigenvalue weighted by molar-refractivity contribution is 7.53. The highest BCUT2D eigenvalue weighted by Gasteiger charge is 2.54. The minimum absolute atomic E-state index is 0.0144. The molecule has 1 aromatic carbocycles. The number of carbonyl (C=O) groups is 3. The number of unbranched alkanes of at least 4 members (excludes halogenated alkanes) is 1. The van der Waals surface area contributed by atoms with Gasteiger partial charge < -0.3 is 38.1 Å². The molecular formula is C39H53F2N4O10P. The van der Waals surface area contributed by atoms with Crippen LogP contribution in [-0.2, 0) is 34.5 Å².